The zero-order chi connectivity index (χ0) is 22.4. The molecule has 0 saturated carbocycles. The van der Waals surface area contributed by atoms with Crippen molar-refractivity contribution in [3.63, 3.8) is 0 Å². The summed E-state index contributed by atoms with van der Waals surface area (Å²) in [7, 11) is 0. The number of carbonyl (C=O) groups excluding carboxylic acids is 1. The molecule has 0 aliphatic rings. The summed E-state index contributed by atoms with van der Waals surface area (Å²) < 4.78 is 11.5. The number of nitrogens with zero attached hydrogens (tertiary/aromatic N) is 1. The van der Waals surface area contributed by atoms with Crippen LogP contribution in [0.25, 0.3) is 0 Å². The third-order valence-corrected chi connectivity index (χ3v) is 4.89. The van der Waals surface area contributed by atoms with Crippen LogP contribution >= 0.6 is 0 Å². The summed E-state index contributed by atoms with van der Waals surface area (Å²) in [5.41, 5.74) is 5.07. The van der Waals surface area contributed by atoms with Crippen LogP contribution in [-0.2, 0) is 6.61 Å². The Kier molecular flexibility index (Phi) is 9.34. The Hall–Kier alpha value is -3.60. The van der Waals surface area contributed by atoms with E-state index in [1.165, 1.54) is 19.3 Å². The average molecular weight is 431 g/mol. The second-order valence-electron chi connectivity index (χ2n) is 7.48. The number of hydrazone groups is 1. The zero-order valence-electron chi connectivity index (χ0n) is 18.5. The molecule has 1 amide bonds. The van der Waals surface area contributed by atoms with Crippen molar-refractivity contribution in [1.82, 2.24) is 5.43 Å². The number of ether oxygens (including phenoxy) is 2. The molecule has 0 aliphatic carbocycles. The average Bonchev–Trinajstić information content (AvgIpc) is 2.84. The van der Waals surface area contributed by atoms with E-state index < -0.39 is 0 Å². The zero-order valence-corrected chi connectivity index (χ0v) is 18.5. The molecule has 0 aliphatic heterocycles. The van der Waals surface area contributed by atoms with E-state index in [1.807, 2.05) is 66.7 Å². The molecule has 0 fully saturated rings. The quantitative estimate of drug-likeness (QED) is 0.218. The molecule has 0 aromatic heterocycles. The molecule has 0 atom stereocenters. The molecular formula is C27H30N2O3. The Labute approximate surface area is 190 Å². The molecule has 0 heterocycles. The molecule has 5 heteroatoms. The van der Waals surface area contributed by atoms with Crippen LogP contribution in [0.3, 0.4) is 0 Å². The third kappa shape index (κ3) is 7.91. The normalized spacial score (nSPS) is 10.8. The minimum absolute atomic E-state index is 0.265. The number of nitrogens with one attached hydrogen (secondary N) is 1. The Morgan fingerprint density at radius 2 is 1.53 bits per heavy atom. The van der Waals surface area contributed by atoms with Crippen LogP contribution in [-0.4, -0.2) is 18.7 Å². The second kappa shape index (κ2) is 13.0. The van der Waals surface area contributed by atoms with E-state index in [4.69, 9.17) is 9.47 Å². The van der Waals surface area contributed by atoms with Crippen molar-refractivity contribution in [2.75, 3.05) is 6.61 Å². The number of hydrogen-bond acceptors (Lipinski definition) is 4. The summed E-state index contributed by atoms with van der Waals surface area (Å²) in [6, 6.07) is 24.7. The van der Waals surface area contributed by atoms with E-state index in [-0.39, 0.29) is 5.91 Å². The van der Waals surface area contributed by atoms with Crippen LogP contribution in [0.1, 0.15) is 54.1 Å². The lowest BCUT2D eigenvalue weighted by molar-refractivity contribution is 0.0955. The largest absolute Gasteiger partial charge is 0.494 e. The first kappa shape index (κ1) is 23.1. The fourth-order valence-corrected chi connectivity index (χ4v) is 3.04. The number of rotatable bonds is 12. The number of unbranched alkanes of at least 4 members (excludes halogenated alkanes) is 3. The fraction of sp³-hybridized carbons (Fsp3) is 0.259. The van der Waals surface area contributed by atoms with Crippen LogP contribution in [0.4, 0.5) is 0 Å². The van der Waals surface area contributed by atoms with E-state index in [0.717, 1.165) is 29.0 Å². The molecule has 1 N–H and O–H groups in total. The van der Waals surface area contributed by atoms with Gasteiger partial charge in [-0.15, -0.1) is 0 Å². The van der Waals surface area contributed by atoms with Crippen LogP contribution < -0.4 is 14.9 Å². The SMILES string of the molecule is CCCCCCOc1ccc(C(=O)N/N=C/c2ccc(OCc3ccccc3)cc2)cc1. The third-order valence-electron chi connectivity index (χ3n) is 4.89. The molecule has 3 rings (SSSR count). The van der Waals surface area contributed by atoms with Gasteiger partial charge in [0.05, 0.1) is 12.8 Å². The fourth-order valence-electron chi connectivity index (χ4n) is 3.04. The lowest BCUT2D eigenvalue weighted by atomic mass is 10.2. The predicted molar refractivity (Wildman–Crippen MR) is 128 cm³/mol. The Bertz CT molecular complexity index is 968. The summed E-state index contributed by atoms with van der Waals surface area (Å²) in [6.07, 6.45) is 6.27. The van der Waals surface area contributed by atoms with Gasteiger partial charge in [0.1, 0.15) is 18.1 Å². The van der Waals surface area contributed by atoms with Crippen molar-refractivity contribution in [1.29, 1.82) is 0 Å². The van der Waals surface area contributed by atoms with Gasteiger partial charge in [0.25, 0.3) is 5.91 Å². The molecule has 32 heavy (non-hydrogen) atoms. The summed E-state index contributed by atoms with van der Waals surface area (Å²) in [5.74, 6) is 1.29. The highest BCUT2D eigenvalue weighted by Crippen LogP contribution is 2.14. The maximum Gasteiger partial charge on any atom is 0.271 e. The maximum absolute atomic E-state index is 12.3. The van der Waals surface area contributed by atoms with Crippen LogP contribution in [0, 0.1) is 0 Å². The van der Waals surface area contributed by atoms with Gasteiger partial charge in [0, 0.05) is 5.56 Å². The minimum Gasteiger partial charge on any atom is -0.494 e. The van der Waals surface area contributed by atoms with E-state index in [1.54, 1.807) is 18.3 Å². The number of benzene rings is 3. The van der Waals surface area contributed by atoms with E-state index >= 15 is 0 Å². The monoisotopic (exact) mass is 430 g/mol. The van der Waals surface area contributed by atoms with Gasteiger partial charge in [-0.2, -0.15) is 5.10 Å². The molecular weight excluding hydrogens is 400 g/mol. The lowest BCUT2D eigenvalue weighted by Crippen LogP contribution is -2.17. The number of hydrogen-bond donors (Lipinski definition) is 1. The van der Waals surface area contributed by atoms with Crippen LogP contribution in [0.15, 0.2) is 84.0 Å². The van der Waals surface area contributed by atoms with Crippen LogP contribution in [0.2, 0.25) is 0 Å². The van der Waals surface area contributed by atoms with Gasteiger partial charge in [-0.1, -0.05) is 56.5 Å². The molecule has 3 aromatic rings. The van der Waals surface area contributed by atoms with E-state index in [2.05, 4.69) is 17.5 Å². The molecule has 5 nitrogen and oxygen atoms in total. The first-order valence-corrected chi connectivity index (χ1v) is 11.1. The molecule has 0 spiro atoms. The number of amides is 1. The first-order chi connectivity index (χ1) is 15.7. The topological polar surface area (TPSA) is 59.9 Å². The highest BCUT2D eigenvalue weighted by atomic mass is 16.5. The molecule has 3 aromatic carbocycles. The maximum atomic E-state index is 12.3. The molecule has 0 bridgehead atoms. The Balaban J connectivity index is 1.41. The minimum atomic E-state index is -0.265. The van der Waals surface area contributed by atoms with E-state index in [0.29, 0.717) is 18.8 Å². The van der Waals surface area contributed by atoms with Crippen molar-refractivity contribution in [2.24, 2.45) is 5.10 Å². The second-order valence-corrected chi connectivity index (χ2v) is 7.48. The smallest absolute Gasteiger partial charge is 0.271 e. The predicted octanol–water partition coefficient (Wildman–Crippen LogP) is 5.99. The Morgan fingerprint density at radius 1 is 0.844 bits per heavy atom. The molecule has 0 unspecified atom stereocenters. The van der Waals surface area contributed by atoms with Crippen molar-refractivity contribution in [3.05, 3.63) is 95.6 Å². The summed E-state index contributed by atoms with van der Waals surface area (Å²) >= 11 is 0. The van der Waals surface area contributed by atoms with Gasteiger partial charge in [0.2, 0.25) is 0 Å². The van der Waals surface area contributed by atoms with Crippen molar-refractivity contribution in [2.45, 2.75) is 39.2 Å². The highest BCUT2D eigenvalue weighted by molar-refractivity contribution is 5.95. The van der Waals surface area contributed by atoms with Gasteiger partial charge in [-0.05, 0) is 66.1 Å². The van der Waals surface area contributed by atoms with E-state index in [9.17, 15) is 4.79 Å². The summed E-state index contributed by atoms with van der Waals surface area (Å²) in [6.45, 7) is 3.41. The van der Waals surface area contributed by atoms with Crippen molar-refractivity contribution < 1.29 is 14.3 Å². The van der Waals surface area contributed by atoms with Gasteiger partial charge in [-0.25, -0.2) is 5.43 Å². The molecule has 0 radical (unpaired) electrons. The van der Waals surface area contributed by atoms with Gasteiger partial charge >= 0.3 is 0 Å². The van der Waals surface area contributed by atoms with Gasteiger partial charge in [0.15, 0.2) is 0 Å². The molecule has 0 saturated heterocycles. The molecule has 166 valence electrons. The standard InChI is InChI=1S/C27H30N2O3/c1-2-3-4-8-19-31-25-17-13-24(14-18-25)27(30)29-28-20-22-11-15-26(16-12-22)32-21-23-9-6-5-7-10-23/h5-7,9-18,20H,2-4,8,19,21H2,1H3,(H,29,30)/b28-20+. The summed E-state index contributed by atoms with van der Waals surface area (Å²) in [5, 5.41) is 4.05. The van der Waals surface area contributed by atoms with Crippen molar-refractivity contribution in [3.8, 4) is 11.5 Å². The number of carbonyl (C=O) groups is 1. The highest BCUT2D eigenvalue weighted by Gasteiger charge is 2.04. The van der Waals surface area contributed by atoms with Gasteiger partial charge < -0.3 is 9.47 Å². The van der Waals surface area contributed by atoms with Crippen molar-refractivity contribution >= 4 is 12.1 Å². The Morgan fingerprint density at radius 3 is 2.25 bits per heavy atom. The van der Waals surface area contributed by atoms with Crippen LogP contribution in [0.5, 0.6) is 11.5 Å². The first-order valence-electron chi connectivity index (χ1n) is 11.1. The van der Waals surface area contributed by atoms with Gasteiger partial charge in [-0.3, -0.25) is 4.79 Å². The summed E-state index contributed by atoms with van der Waals surface area (Å²) in [4.78, 5) is 12.3. The lowest BCUT2D eigenvalue weighted by Gasteiger charge is -2.07.